The number of benzene rings is 2. The fraction of sp³-hybridized carbons (Fsp3) is 0.136. The van der Waals surface area contributed by atoms with Gasteiger partial charge in [0.05, 0.1) is 5.38 Å². The number of fused-ring (bicyclic) bond motifs is 2. The molecule has 3 heterocycles. The van der Waals surface area contributed by atoms with E-state index in [4.69, 9.17) is 9.47 Å². The van der Waals surface area contributed by atoms with Crippen molar-refractivity contribution in [3.63, 3.8) is 0 Å². The Bertz CT molecular complexity index is 1220. The molecule has 0 bridgehead atoms. The van der Waals surface area contributed by atoms with E-state index in [1.54, 1.807) is 4.57 Å². The molecule has 2 aliphatic rings. The lowest BCUT2D eigenvalue weighted by atomic mass is 10.2. The van der Waals surface area contributed by atoms with Crippen LogP contribution >= 0.6 is 23.1 Å². The van der Waals surface area contributed by atoms with E-state index < -0.39 is 0 Å². The van der Waals surface area contributed by atoms with E-state index in [0.29, 0.717) is 22.1 Å². The summed E-state index contributed by atoms with van der Waals surface area (Å²) in [5.74, 6) is 1.12. The van der Waals surface area contributed by atoms with Crippen molar-refractivity contribution < 1.29 is 23.6 Å². The Morgan fingerprint density at radius 3 is 2.90 bits per heavy atom. The van der Waals surface area contributed by atoms with Gasteiger partial charge in [0.25, 0.3) is 0 Å². The number of carbonyl (C=O) groups excluding carboxylic acids is 2. The van der Waals surface area contributed by atoms with E-state index in [9.17, 15) is 9.59 Å². The Kier molecular flexibility index (Phi) is 4.80. The smallest absolute Gasteiger partial charge is 0.433 e. The quantitative estimate of drug-likeness (QED) is 0.493. The molecule has 30 heavy (non-hydrogen) atoms. The number of aryl methyl sites for hydroxylation is 1. The zero-order valence-electron chi connectivity index (χ0n) is 16.0. The molecule has 0 aliphatic carbocycles. The molecule has 0 unspecified atom stereocenters. The lowest BCUT2D eigenvalue weighted by molar-refractivity contribution is -0.607. The van der Waals surface area contributed by atoms with Crippen molar-refractivity contribution in [2.45, 2.75) is 17.7 Å². The van der Waals surface area contributed by atoms with Crippen LogP contribution in [0.15, 0.2) is 57.1 Å². The van der Waals surface area contributed by atoms with Gasteiger partial charge >= 0.3 is 10.2 Å². The second kappa shape index (κ2) is 7.62. The molecule has 6 nitrogen and oxygen atoms in total. The number of carbonyl (C=O) groups is 2. The summed E-state index contributed by atoms with van der Waals surface area (Å²) >= 11 is 2.88. The third-order valence-electron chi connectivity index (χ3n) is 4.83. The minimum absolute atomic E-state index is 0.118. The van der Waals surface area contributed by atoms with E-state index in [-0.39, 0.29) is 25.0 Å². The first-order valence-corrected chi connectivity index (χ1v) is 11.0. The number of hydrogen-bond acceptors (Lipinski definition) is 6. The fourth-order valence-corrected chi connectivity index (χ4v) is 5.50. The molecule has 2 aromatic carbocycles. The van der Waals surface area contributed by atoms with Crippen LogP contribution in [0.2, 0.25) is 0 Å². The van der Waals surface area contributed by atoms with Gasteiger partial charge < -0.3 is 14.8 Å². The van der Waals surface area contributed by atoms with Crippen LogP contribution in [-0.2, 0) is 11.2 Å². The van der Waals surface area contributed by atoms with Gasteiger partial charge in [-0.3, -0.25) is 4.79 Å². The Hall–Kier alpha value is -3.10. The minimum Gasteiger partial charge on any atom is -0.454 e. The summed E-state index contributed by atoms with van der Waals surface area (Å²) in [6.45, 7) is 2.16. The van der Waals surface area contributed by atoms with Crippen LogP contribution in [0.3, 0.4) is 0 Å². The SMILES string of the molecule is Cc1ccccc1NC(=O)Cc1csc2[n+]1C(=O)C(=Cc1ccc3c(c1)OCO3)S2. The summed E-state index contributed by atoms with van der Waals surface area (Å²) in [6, 6.07) is 13.2. The Morgan fingerprint density at radius 1 is 1.20 bits per heavy atom. The molecule has 2 aliphatic heterocycles. The Balaban J connectivity index is 1.34. The number of thiazole rings is 1. The summed E-state index contributed by atoms with van der Waals surface area (Å²) in [5, 5.41) is 4.79. The maximum atomic E-state index is 13.0. The number of rotatable bonds is 4. The monoisotopic (exact) mass is 437 g/mol. The maximum absolute atomic E-state index is 13.0. The van der Waals surface area contributed by atoms with Crippen molar-refractivity contribution in [1.82, 2.24) is 0 Å². The lowest BCUT2D eigenvalue weighted by Gasteiger charge is -2.06. The molecule has 0 spiro atoms. The number of hydrogen-bond donors (Lipinski definition) is 1. The van der Waals surface area contributed by atoms with E-state index in [1.807, 2.05) is 60.8 Å². The maximum Gasteiger partial charge on any atom is 0.433 e. The normalized spacial score (nSPS) is 15.5. The zero-order valence-corrected chi connectivity index (χ0v) is 17.6. The van der Waals surface area contributed by atoms with E-state index in [0.717, 1.165) is 21.2 Å². The van der Waals surface area contributed by atoms with Crippen LogP contribution in [-0.4, -0.2) is 18.6 Å². The predicted octanol–water partition coefficient (Wildman–Crippen LogP) is 4.04. The van der Waals surface area contributed by atoms with Gasteiger partial charge in [-0.1, -0.05) is 35.6 Å². The van der Waals surface area contributed by atoms with Gasteiger partial charge in [0.1, 0.15) is 11.3 Å². The number of aromatic nitrogens is 1. The first kappa shape index (κ1) is 18.9. The van der Waals surface area contributed by atoms with E-state index in [1.165, 1.54) is 23.1 Å². The van der Waals surface area contributed by atoms with Gasteiger partial charge in [-0.05, 0) is 42.3 Å². The van der Waals surface area contributed by atoms with Crippen molar-refractivity contribution in [2.75, 3.05) is 12.1 Å². The average molecular weight is 438 g/mol. The van der Waals surface area contributed by atoms with Gasteiger partial charge in [0.15, 0.2) is 11.5 Å². The fourth-order valence-electron chi connectivity index (χ4n) is 3.31. The van der Waals surface area contributed by atoms with E-state index >= 15 is 0 Å². The van der Waals surface area contributed by atoms with Crippen molar-refractivity contribution in [1.29, 1.82) is 0 Å². The van der Waals surface area contributed by atoms with Crippen molar-refractivity contribution in [3.8, 4) is 11.5 Å². The molecular weight excluding hydrogens is 420 g/mol. The summed E-state index contributed by atoms with van der Waals surface area (Å²) in [5.41, 5.74) is 3.33. The largest absolute Gasteiger partial charge is 0.454 e. The molecule has 0 radical (unpaired) electrons. The van der Waals surface area contributed by atoms with Gasteiger partial charge in [0, 0.05) is 17.4 Å². The highest BCUT2D eigenvalue weighted by Gasteiger charge is 2.40. The highest BCUT2D eigenvalue weighted by atomic mass is 32.2. The van der Waals surface area contributed by atoms with Crippen molar-refractivity contribution in [3.05, 3.63) is 69.6 Å². The van der Waals surface area contributed by atoms with Gasteiger partial charge in [0.2, 0.25) is 18.4 Å². The molecule has 150 valence electrons. The predicted molar refractivity (Wildman–Crippen MR) is 115 cm³/mol. The first-order chi connectivity index (χ1) is 14.6. The Morgan fingerprint density at radius 2 is 2.03 bits per heavy atom. The molecular formula is C22H17N2O4S2+. The zero-order chi connectivity index (χ0) is 20.7. The molecule has 1 aromatic heterocycles. The molecule has 0 fully saturated rings. The highest BCUT2D eigenvalue weighted by molar-refractivity contribution is 8.05. The first-order valence-electron chi connectivity index (χ1n) is 9.30. The van der Waals surface area contributed by atoms with Crippen LogP contribution < -0.4 is 19.4 Å². The van der Waals surface area contributed by atoms with Gasteiger partial charge in [-0.25, -0.2) is 4.79 Å². The molecule has 0 saturated carbocycles. The van der Waals surface area contributed by atoms with Crippen molar-refractivity contribution >= 4 is 46.7 Å². The number of allylic oxidation sites excluding steroid dienone is 1. The topological polar surface area (TPSA) is 68.5 Å². The second-order valence-electron chi connectivity index (χ2n) is 6.90. The van der Waals surface area contributed by atoms with Crippen LogP contribution in [0.4, 0.5) is 5.69 Å². The number of amides is 1. The molecule has 5 rings (SSSR count). The lowest BCUT2D eigenvalue weighted by Crippen LogP contribution is -2.43. The molecule has 0 atom stereocenters. The molecule has 1 amide bonds. The van der Waals surface area contributed by atoms with Crippen molar-refractivity contribution in [2.24, 2.45) is 0 Å². The average Bonchev–Trinajstić information content (AvgIpc) is 3.42. The van der Waals surface area contributed by atoms with Crippen LogP contribution in [0.1, 0.15) is 21.6 Å². The molecule has 3 aromatic rings. The molecule has 1 N–H and O–H groups in total. The molecule has 0 saturated heterocycles. The number of anilines is 1. The summed E-state index contributed by atoms with van der Waals surface area (Å²) in [7, 11) is 0. The van der Waals surface area contributed by atoms with Crippen LogP contribution in [0, 0.1) is 6.92 Å². The number of para-hydroxylation sites is 1. The number of ether oxygens (including phenoxy) is 2. The van der Waals surface area contributed by atoms with Gasteiger partial charge in [-0.2, -0.15) is 0 Å². The third kappa shape index (κ3) is 3.48. The van der Waals surface area contributed by atoms with Crippen LogP contribution in [0.25, 0.3) is 6.08 Å². The number of nitrogens with zero attached hydrogens (tertiary/aromatic N) is 1. The summed E-state index contributed by atoms with van der Waals surface area (Å²) < 4.78 is 13.2. The summed E-state index contributed by atoms with van der Waals surface area (Å²) in [6.07, 6.45) is 1.97. The van der Waals surface area contributed by atoms with Crippen LogP contribution in [0.5, 0.6) is 11.5 Å². The second-order valence-corrected chi connectivity index (χ2v) is 9.04. The standard InChI is InChI=1S/C22H16N2O4S2/c1-13-4-2-3-5-16(13)23-20(25)10-15-11-29-22-24(15)21(26)19(30-22)9-14-6-7-17-18(8-14)28-12-27-17/h2-9,11H,10,12H2,1H3/p+1. The Labute approximate surface area is 181 Å². The van der Waals surface area contributed by atoms with Gasteiger partial charge in [-0.15, -0.1) is 4.57 Å². The minimum atomic E-state index is -0.150. The number of nitrogens with one attached hydrogen (secondary N) is 1. The van der Waals surface area contributed by atoms with E-state index in [2.05, 4.69) is 5.32 Å². The third-order valence-corrected chi connectivity index (χ3v) is 7.01. The molecule has 8 heteroatoms. The highest BCUT2D eigenvalue weighted by Crippen LogP contribution is 2.38. The number of thioether (sulfide) groups is 1. The summed E-state index contributed by atoms with van der Waals surface area (Å²) in [4.78, 5) is 26.2.